The maximum atomic E-state index is 8.72. The number of hydrogen-bond donors (Lipinski definition) is 0. The third-order valence-electron chi connectivity index (χ3n) is 2.35. The first kappa shape index (κ1) is 12.0. The lowest BCUT2D eigenvalue weighted by Crippen LogP contribution is -2.34. The van der Waals surface area contributed by atoms with Gasteiger partial charge in [-0.1, -0.05) is 30.3 Å². The second-order valence-corrected chi connectivity index (χ2v) is 3.86. The summed E-state index contributed by atoms with van der Waals surface area (Å²) in [6.45, 7) is 3.23. The van der Waals surface area contributed by atoms with E-state index in [1.165, 1.54) is 5.56 Å². The number of halogens is 1. The Labute approximate surface area is 96.1 Å². The topological polar surface area (TPSA) is 27.0 Å². The molecule has 0 fully saturated rings. The third kappa shape index (κ3) is 3.91. The lowest BCUT2D eigenvalue weighted by Gasteiger charge is -2.24. The number of alkyl halides is 1. The smallest absolute Gasteiger partial charge is 0.0871 e. The van der Waals surface area contributed by atoms with Gasteiger partial charge in [-0.3, -0.25) is 4.90 Å². The van der Waals surface area contributed by atoms with Crippen LogP contribution in [0.4, 0.5) is 0 Å². The Morgan fingerprint density at radius 2 is 2.07 bits per heavy atom. The van der Waals surface area contributed by atoms with Crippen molar-refractivity contribution in [3.05, 3.63) is 35.9 Å². The van der Waals surface area contributed by atoms with Crippen molar-refractivity contribution in [1.82, 2.24) is 4.90 Å². The van der Waals surface area contributed by atoms with Crippen molar-refractivity contribution in [2.24, 2.45) is 0 Å². The molecule has 0 N–H and O–H groups in total. The van der Waals surface area contributed by atoms with E-state index in [-0.39, 0.29) is 6.04 Å². The first-order valence-corrected chi connectivity index (χ1v) is 5.52. The summed E-state index contributed by atoms with van der Waals surface area (Å²) in [5.74, 6) is 0.550. The van der Waals surface area contributed by atoms with Crippen molar-refractivity contribution in [3.8, 4) is 6.07 Å². The average Bonchev–Trinajstić information content (AvgIpc) is 2.29. The van der Waals surface area contributed by atoms with Crippen LogP contribution in [0, 0.1) is 11.3 Å². The summed E-state index contributed by atoms with van der Waals surface area (Å²) in [5.41, 5.74) is 1.21. The molecule has 0 aliphatic carbocycles. The SMILES string of the molecule is C[C@@H](CCl)N(CC#N)Cc1ccccc1. The summed E-state index contributed by atoms with van der Waals surface area (Å²) < 4.78 is 0. The van der Waals surface area contributed by atoms with Crippen molar-refractivity contribution in [1.29, 1.82) is 5.26 Å². The van der Waals surface area contributed by atoms with E-state index in [1.807, 2.05) is 25.1 Å². The van der Waals surface area contributed by atoms with Gasteiger partial charge < -0.3 is 0 Å². The van der Waals surface area contributed by atoms with Gasteiger partial charge in [-0.2, -0.15) is 5.26 Å². The standard InChI is InChI=1S/C12H15ClN2/c1-11(9-13)15(8-7-14)10-12-5-3-2-4-6-12/h2-6,11H,8-10H2,1H3/t11-/m0/s1. The molecule has 0 radical (unpaired) electrons. The van der Waals surface area contributed by atoms with Crippen molar-refractivity contribution in [2.45, 2.75) is 19.5 Å². The van der Waals surface area contributed by atoms with Gasteiger partial charge in [0.2, 0.25) is 0 Å². The number of nitrogens with zero attached hydrogens (tertiary/aromatic N) is 2. The van der Waals surface area contributed by atoms with Crippen LogP contribution in [-0.4, -0.2) is 23.4 Å². The van der Waals surface area contributed by atoms with Gasteiger partial charge in [0.1, 0.15) is 0 Å². The van der Waals surface area contributed by atoms with Crippen molar-refractivity contribution in [2.75, 3.05) is 12.4 Å². The average molecular weight is 223 g/mol. The molecular weight excluding hydrogens is 208 g/mol. The molecule has 0 heterocycles. The first-order chi connectivity index (χ1) is 7.27. The van der Waals surface area contributed by atoms with E-state index in [0.29, 0.717) is 12.4 Å². The van der Waals surface area contributed by atoms with Crippen LogP contribution in [0.1, 0.15) is 12.5 Å². The molecule has 0 unspecified atom stereocenters. The molecule has 15 heavy (non-hydrogen) atoms. The second kappa shape index (κ2) is 6.44. The zero-order valence-corrected chi connectivity index (χ0v) is 9.61. The van der Waals surface area contributed by atoms with Gasteiger partial charge in [0.25, 0.3) is 0 Å². The molecule has 0 spiro atoms. The molecule has 1 atom stereocenters. The quantitative estimate of drug-likeness (QED) is 0.566. The Hall–Kier alpha value is -1.04. The van der Waals surface area contributed by atoms with Crippen LogP contribution in [0.25, 0.3) is 0 Å². The Morgan fingerprint density at radius 1 is 1.40 bits per heavy atom. The molecule has 0 saturated carbocycles. The molecule has 3 heteroatoms. The Balaban J connectivity index is 2.63. The maximum Gasteiger partial charge on any atom is 0.0871 e. The highest BCUT2D eigenvalue weighted by Crippen LogP contribution is 2.08. The summed E-state index contributed by atoms with van der Waals surface area (Å²) in [7, 11) is 0. The molecule has 0 aromatic heterocycles. The predicted octanol–water partition coefficient (Wildman–Crippen LogP) is 2.64. The molecule has 0 aliphatic heterocycles. The van der Waals surface area contributed by atoms with E-state index in [1.54, 1.807) is 0 Å². The van der Waals surface area contributed by atoms with Gasteiger partial charge in [0, 0.05) is 18.5 Å². The zero-order chi connectivity index (χ0) is 11.1. The van der Waals surface area contributed by atoms with E-state index in [2.05, 4.69) is 23.1 Å². The van der Waals surface area contributed by atoms with Gasteiger partial charge in [-0.05, 0) is 12.5 Å². The van der Waals surface area contributed by atoms with Crippen LogP contribution in [-0.2, 0) is 6.54 Å². The molecule has 0 saturated heterocycles. The lowest BCUT2D eigenvalue weighted by atomic mass is 10.2. The van der Waals surface area contributed by atoms with Crippen LogP contribution < -0.4 is 0 Å². The fourth-order valence-corrected chi connectivity index (χ4v) is 1.57. The molecule has 2 nitrogen and oxygen atoms in total. The minimum atomic E-state index is 0.228. The Bertz CT molecular complexity index is 318. The molecular formula is C12H15ClN2. The van der Waals surface area contributed by atoms with Crippen LogP contribution in [0.5, 0.6) is 0 Å². The molecule has 0 bridgehead atoms. The van der Waals surface area contributed by atoms with Gasteiger partial charge in [-0.25, -0.2) is 0 Å². The Kier molecular flexibility index (Phi) is 5.17. The predicted molar refractivity (Wildman–Crippen MR) is 62.6 cm³/mol. The summed E-state index contributed by atoms with van der Waals surface area (Å²) in [4.78, 5) is 2.07. The Morgan fingerprint density at radius 3 is 2.60 bits per heavy atom. The maximum absolute atomic E-state index is 8.72. The zero-order valence-electron chi connectivity index (χ0n) is 8.86. The molecule has 0 aliphatic rings. The highest BCUT2D eigenvalue weighted by molar-refractivity contribution is 6.18. The fourth-order valence-electron chi connectivity index (χ4n) is 1.37. The summed E-state index contributed by atoms with van der Waals surface area (Å²) >= 11 is 5.80. The minimum absolute atomic E-state index is 0.228. The van der Waals surface area contributed by atoms with Crippen molar-refractivity contribution >= 4 is 11.6 Å². The van der Waals surface area contributed by atoms with Crippen LogP contribution >= 0.6 is 11.6 Å². The molecule has 80 valence electrons. The first-order valence-electron chi connectivity index (χ1n) is 4.98. The highest BCUT2D eigenvalue weighted by atomic mass is 35.5. The number of nitriles is 1. The molecule has 1 rings (SSSR count). The van der Waals surface area contributed by atoms with E-state index in [0.717, 1.165) is 6.54 Å². The fraction of sp³-hybridized carbons (Fsp3) is 0.417. The van der Waals surface area contributed by atoms with Crippen LogP contribution in [0.15, 0.2) is 30.3 Å². The lowest BCUT2D eigenvalue weighted by molar-refractivity contribution is 0.243. The molecule has 1 aromatic carbocycles. The van der Waals surface area contributed by atoms with Crippen molar-refractivity contribution in [3.63, 3.8) is 0 Å². The number of rotatable bonds is 5. The van der Waals surface area contributed by atoms with E-state index in [4.69, 9.17) is 16.9 Å². The molecule has 1 aromatic rings. The van der Waals surface area contributed by atoms with E-state index in [9.17, 15) is 0 Å². The number of benzene rings is 1. The van der Waals surface area contributed by atoms with Gasteiger partial charge >= 0.3 is 0 Å². The summed E-state index contributed by atoms with van der Waals surface area (Å²) in [5, 5.41) is 8.72. The number of hydrogen-bond acceptors (Lipinski definition) is 2. The summed E-state index contributed by atoms with van der Waals surface area (Å²) in [6.07, 6.45) is 0. The van der Waals surface area contributed by atoms with Gasteiger partial charge in [-0.15, -0.1) is 11.6 Å². The normalized spacial score (nSPS) is 12.4. The summed E-state index contributed by atoms with van der Waals surface area (Å²) in [6, 6.07) is 12.5. The monoisotopic (exact) mass is 222 g/mol. The van der Waals surface area contributed by atoms with Crippen LogP contribution in [0.3, 0.4) is 0 Å². The largest absolute Gasteiger partial charge is 0.282 e. The molecule has 0 amide bonds. The minimum Gasteiger partial charge on any atom is -0.282 e. The van der Waals surface area contributed by atoms with E-state index < -0.39 is 0 Å². The highest BCUT2D eigenvalue weighted by Gasteiger charge is 2.12. The van der Waals surface area contributed by atoms with Gasteiger partial charge in [0.15, 0.2) is 0 Å². The third-order valence-corrected chi connectivity index (χ3v) is 2.80. The van der Waals surface area contributed by atoms with Crippen LogP contribution in [0.2, 0.25) is 0 Å². The second-order valence-electron chi connectivity index (χ2n) is 3.55. The van der Waals surface area contributed by atoms with E-state index >= 15 is 0 Å². The van der Waals surface area contributed by atoms with Crippen molar-refractivity contribution < 1.29 is 0 Å². The van der Waals surface area contributed by atoms with Gasteiger partial charge in [0.05, 0.1) is 12.6 Å².